The third-order valence-electron chi connectivity index (χ3n) is 4.63. The summed E-state index contributed by atoms with van der Waals surface area (Å²) in [6.07, 6.45) is 2.50. The van der Waals surface area contributed by atoms with Gasteiger partial charge in [-0.25, -0.2) is 9.67 Å². The molecule has 0 atom stereocenters. The summed E-state index contributed by atoms with van der Waals surface area (Å²) >= 11 is 4.93. The van der Waals surface area contributed by atoms with Gasteiger partial charge in [-0.05, 0) is 30.2 Å². The Balaban J connectivity index is 1.42. The molecule has 6 nitrogen and oxygen atoms in total. The fourth-order valence-corrected chi connectivity index (χ4v) is 4.19. The molecule has 2 aromatic carbocycles. The number of anilines is 1. The molecule has 0 spiro atoms. The van der Waals surface area contributed by atoms with Gasteiger partial charge in [-0.1, -0.05) is 58.4 Å². The van der Waals surface area contributed by atoms with Crippen LogP contribution < -0.4 is 10.9 Å². The fraction of sp³-hybridized carbons (Fsp3) is 0.130. The Hall–Kier alpha value is -3.10. The zero-order chi connectivity index (χ0) is 21.8. The summed E-state index contributed by atoms with van der Waals surface area (Å²) in [6, 6.07) is 18.8. The number of carbonyl (C=O) groups excluding carboxylic acids is 1. The van der Waals surface area contributed by atoms with Gasteiger partial charge in [0.05, 0.1) is 5.69 Å². The zero-order valence-electron chi connectivity index (χ0n) is 16.7. The summed E-state index contributed by atoms with van der Waals surface area (Å²) in [7, 11) is 0. The first kappa shape index (κ1) is 21.1. The van der Waals surface area contributed by atoms with E-state index < -0.39 is 0 Å². The van der Waals surface area contributed by atoms with Crippen LogP contribution in [0.5, 0.6) is 0 Å². The number of aryl methyl sites for hydroxylation is 1. The van der Waals surface area contributed by atoms with Crippen LogP contribution in [-0.2, 0) is 17.8 Å². The first-order valence-electron chi connectivity index (χ1n) is 9.61. The van der Waals surface area contributed by atoms with Crippen LogP contribution in [0, 0.1) is 6.92 Å². The topological polar surface area (TPSA) is 76.9 Å². The standard InChI is InChI=1S/C23H19BrN4O2S/c1-15-11-16(7-8-19(15)24)12-18-13-25-23(31-18)26-21(29)14-28-22(30)10-9-20(27-28)17-5-3-2-4-6-17/h2-11,13H,12,14H2,1H3,(H,25,26,29). The van der Waals surface area contributed by atoms with Crippen molar-refractivity contribution in [1.29, 1.82) is 0 Å². The van der Waals surface area contributed by atoms with Crippen molar-refractivity contribution in [2.24, 2.45) is 0 Å². The van der Waals surface area contributed by atoms with Crippen LogP contribution in [0.4, 0.5) is 5.13 Å². The number of hydrogen-bond acceptors (Lipinski definition) is 5. The molecule has 156 valence electrons. The molecule has 2 heterocycles. The molecule has 8 heteroatoms. The summed E-state index contributed by atoms with van der Waals surface area (Å²) in [5.41, 5.74) is 3.53. The molecule has 1 N–H and O–H groups in total. The van der Waals surface area contributed by atoms with Gasteiger partial charge in [0, 0.05) is 33.6 Å². The van der Waals surface area contributed by atoms with Gasteiger partial charge in [0.25, 0.3) is 5.56 Å². The number of aromatic nitrogens is 3. The average Bonchev–Trinajstić information content (AvgIpc) is 3.19. The molecular formula is C23H19BrN4O2S. The average molecular weight is 495 g/mol. The largest absolute Gasteiger partial charge is 0.300 e. The molecular weight excluding hydrogens is 476 g/mol. The molecule has 1 amide bonds. The van der Waals surface area contributed by atoms with Crippen molar-refractivity contribution in [3.05, 3.63) is 97.7 Å². The van der Waals surface area contributed by atoms with Gasteiger partial charge in [-0.3, -0.25) is 9.59 Å². The lowest BCUT2D eigenvalue weighted by Gasteiger charge is -2.07. The Bertz CT molecular complexity index is 1280. The second-order valence-electron chi connectivity index (χ2n) is 7.02. The molecule has 0 aliphatic carbocycles. The van der Waals surface area contributed by atoms with Gasteiger partial charge in [0.15, 0.2) is 5.13 Å². The normalized spacial score (nSPS) is 10.8. The number of rotatable bonds is 6. The predicted octanol–water partition coefficient (Wildman–Crippen LogP) is 4.67. The van der Waals surface area contributed by atoms with Gasteiger partial charge in [-0.2, -0.15) is 5.10 Å². The van der Waals surface area contributed by atoms with Gasteiger partial charge < -0.3 is 5.32 Å². The molecule has 0 fully saturated rings. The maximum atomic E-state index is 12.5. The fourth-order valence-electron chi connectivity index (χ4n) is 3.08. The Morgan fingerprint density at radius 1 is 1.13 bits per heavy atom. The summed E-state index contributed by atoms with van der Waals surface area (Å²) in [5.74, 6) is -0.347. The minimum Gasteiger partial charge on any atom is -0.300 e. The molecule has 0 saturated heterocycles. The number of benzene rings is 2. The lowest BCUT2D eigenvalue weighted by molar-refractivity contribution is -0.117. The SMILES string of the molecule is Cc1cc(Cc2cnc(NC(=O)Cn3nc(-c4ccccc4)ccc3=O)s2)ccc1Br. The molecule has 2 aromatic heterocycles. The lowest BCUT2D eigenvalue weighted by atomic mass is 10.1. The van der Waals surface area contributed by atoms with E-state index in [4.69, 9.17) is 0 Å². The zero-order valence-corrected chi connectivity index (χ0v) is 19.1. The molecule has 0 bridgehead atoms. The quantitative estimate of drug-likeness (QED) is 0.422. The van der Waals surface area contributed by atoms with Crippen molar-refractivity contribution in [3.8, 4) is 11.3 Å². The number of amides is 1. The molecule has 0 radical (unpaired) electrons. The Morgan fingerprint density at radius 3 is 2.71 bits per heavy atom. The van der Waals surface area contributed by atoms with Crippen molar-refractivity contribution in [2.75, 3.05) is 5.32 Å². The van der Waals surface area contributed by atoms with Gasteiger partial charge in [-0.15, -0.1) is 11.3 Å². The monoisotopic (exact) mass is 494 g/mol. The van der Waals surface area contributed by atoms with Crippen molar-refractivity contribution in [2.45, 2.75) is 19.9 Å². The van der Waals surface area contributed by atoms with Crippen LogP contribution in [-0.4, -0.2) is 20.7 Å². The summed E-state index contributed by atoms with van der Waals surface area (Å²) < 4.78 is 2.24. The van der Waals surface area contributed by atoms with Crippen LogP contribution in [0.25, 0.3) is 11.3 Å². The van der Waals surface area contributed by atoms with Gasteiger partial charge in [0.1, 0.15) is 6.54 Å². The van der Waals surface area contributed by atoms with Crippen molar-refractivity contribution in [3.63, 3.8) is 0 Å². The number of thiazole rings is 1. The lowest BCUT2D eigenvalue weighted by Crippen LogP contribution is -2.29. The maximum absolute atomic E-state index is 12.5. The molecule has 0 saturated carbocycles. The molecule has 31 heavy (non-hydrogen) atoms. The summed E-state index contributed by atoms with van der Waals surface area (Å²) in [5, 5.41) is 7.59. The maximum Gasteiger partial charge on any atom is 0.267 e. The van der Waals surface area contributed by atoms with Crippen molar-refractivity contribution in [1.82, 2.24) is 14.8 Å². The van der Waals surface area contributed by atoms with E-state index in [2.05, 4.69) is 50.4 Å². The van der Waals surface area contributed by atoms with E-state index in [9.17, 15) is 9.59 Å². The Morgan fingerprint density at radius 2 is 1.94 bits per heavy atom. The number of nitrogens with one attached hydrogen (secondary N) is 1. The molecule has 4 rings (SSSR count). The predicted molar refractivity (Wildman–Crippen MR) is 126 cm³/mol. The molecule has 0 aliphatic heterocycles. The highest BCUT2D eigenvalue weighted by Gasteiger charge is 2.11. The summed E-state index contributed by atoms with van der Waals surface area (Å²) in [4.78, 5) is 30.0. The second kappa shape index (κ2) is 9.36. The van der Waals surface area contributed by atoms with E-state index >= 15 is 0 Å². The minimum atomic E-state index is -0.347. The van der Waals surface area contributed by atoms with Gasteiger partial charge >= 0.3 is 0 Å². The number of halogens is 1. The Labute approximate surface area is 191 Å². The van der Waals surface area contributed by atoms with Crippen molar-refractivity contribution < 1.29 is 4.79 Å². The highest BCUT2D eigenvalue weighted by Crippen LogP contribution is 2.24. The van der Waals surface area contributed by atoms with Crippen molar-refractivity contribution >= 4 is 38.3 Å². The van der Waals surface area contributed by atoms with Crippen LogP contribution >= 0.6 is 27.3 Å². The molecule has 0 aliphatic rings. The first-order valence-corrected chi connectivity index (χ1v) is 11.2. The smallest absolute Gasteiger partial charge is 0.267 e. The van der Waals surface area contributed by atoms with Crippen LogP contribution in [0.1, 0.15) is 16.0 Å². The highest BCUT2D eigenvalue weighted by atomic mass is 79.9. The van der Waals surface area contributed by atoms with Crippen LogP contribution in [0.2, 0.25) is 0 Å². The number of hydrogen-bond donors (Lipinski definition) is 1. The summed E-state index contributed by atoms with van der Waals surface area (Å²) in [6.45, 7) is 1.87. The first-order chi connectivity index (χ1) is 15.0. The molecule has 0 unspecified atom stereocenters. The van der Waals surface area contributed by atoms with E-state index in [1.165, 1.54) is 28.5 Å². The van der Waals surface area contributed by atoms with E-state index in [0.29, 0.717) is 10.8 Å². The van der Waals surface area contributed by atoms with E-state index in [-0.39, 0.29) is 18.0 Å². The van der Waals surface area contributed by atoms with Crippen LogP contribution in [0.3, 0.4) is 0 Å². The Kier molecular flexibility index (Phi) is 6.39. The van der Waals surface area contributed by atoms with E-state index in [1.807, 2.05) is 36.4 Å². The van der Waals surface area contributed by atoms with Gasteiger partial charge in [0.2, 0.25) is 5.91 Å². The third kappa shape index (κ3) is 5.34. The molecule has 4 aromatic rings. The second-order valence-corrected chi connectivity index (χ2v) is 8.99. The third-order valence-corrected chi connectivity index (χ3v) is 6.43. The van der Waals surface area contributed by atoms with E-state index in [1.54, 1.807) is 12.3 Å². The van der Waals surface area contributed by atoms with Crippen LogP contribution in [0.15, 0.2) is 76.1 Å². The van der Waals surface area contributed by atoms with E-state index in [0.717, 1.165) is 26.0 Å². The highest BCUT2D eigenvalue weighted by molar-refractivity contribution is 9.10. The number of nitrogens with zero attached hydrogens (tertiary/aromatic N) is 3. The minimum absolute atomic E-state index is 0.180. The number of carbonyl (C=O) groups is 1.